The minimum atomic E-state index is 0.641. The van der Waals surface area contributed by atoms with Crippen molar-refractivity contribution < 1.29 is 0 Å². The number of alkyl halides is 1. The Kier molecular flexibility index (Phi) is 4.57. The molecule has 0 radical (unpaired) electrons. The van der Waals surface area contributed by atoms with Crippen LogP contribution in [0.5, 0.6) is 0 Å². The van der Waals surface area contributed by atoms with E-state index in [0.29, 0.717) is 5.88 Å². The van der Waals surface area contributed by atoms with Gasteiger partial charge in [0.25, 0.3) is 0 Å². The fraction of sp³-hybridized carbons (Fsp3) is 0.357. The Labute approximate surface area is 111 Å². The highest BCUT2D eigenvalue weighted by Crippen LogP contribution is 2.23. The summed E-state index contributed by atoms with van der Waals surface area (Å²) in [5.74, 6) is 0.641. The minimum Gasteiger partial charge on any atom is -0.241 e. The first-order valence-electron chi connectivity index (χ1n) is 5.93. The van der Waals surface area contributed by atoms with E-state index in [-0.39, 0.29) is 0 Å². The van der Waals surface area contributed by atoms with E-state index in [4.69, 9.17) is 11.6 Å². The summed E-state index contributed by atoms with van der Waals surface area (Å²) < 4.78 is 0. The molecule has 17 heavy (non-hydrogen) atoms. The van der Waals surface area contributed by atoms with Gasteiger partial charge in [-0.1, -0.05) is 37.6 Å². The van der Waals surface area contributed by atoms with Gasteiger partial charge >= 0.3 is 0 Å². The van der Waals surface area contributed by atoms with Crippen LogP contribution in [0.4, 0.5) is 0 Å². The van der Waals surface area contributed by atoms with Crippen LogP contribution in [0.25, 0.3) is 11.3 Å². The predicted octanol–water partition coefficient (Wildman–Crippen LogP) is 4.54. The number of hydrogen-bond acceptors (Lipinski definition) is 2. The van der Waals surface area contributed by atoms with Gasteiger partial charge in [0.1, 0.15) is 0 Å². The molecule has 0 bridgehead atoms. The molecule has 2 rings (SSSR count). The second-order valence-corrected chi connectivity index (χ2v) is 5.33. The van der Waals surface area contributed by atoms with Gasteiger partial charge in [-0.15, -0.1) is 22.9 Å². The van der Waals surface area contributed by atoms with E-state index in [1.807, 2.05) is 0 Å². The van der Waals surface area contributed by atoms with Crippen molar-refractivity contribution in [3.63, 3.8) is 0 Å². The highest BCUT2D eigenvalue weighted by molar-refractivity contribution is 7.10. The van der Waals surface area contributed by atoms with Crippen LogP contribution in [0.1, 0.15) is 23.9 Å². The van der Waals surface area contributed by atoms with Crippen molar-refractivity contribution in [2.24, 2.45) is 0 Å². The van der Waals surface area contributed by atoms with Crippen LogP contribution < -0.4 is 0 Å². The lowest BCUT2D eigenvalue weighted by atomic mass is 10.1. The van der Waals surface area contributed by atoms with E-state index in [1.165, 1.54) is 17.5 Å². The normalized spacial score (nSPS) is 10.7. The standard InChI is InChI=1S/C14H16ClNS/c1-2-3-11-4-6-12(7-5-11)13-10-17-14(16-13)8-9-15/h4-7,10H,2-3,8-9H2,1H3. The second kappa shape index (κ2) is 6.18. The number of aryl methyl sites for hydroxylation is 2. The lowest BCUT2D eigenvalue weighted by Gasteiger charge is -2.00. The van der Waals surface area contributed by atoms with Gasteiger partial charge < -0.3 is 0 Å². The quantitative estimate of drug-likeness (QED) is 0.723. The maximum Gasteiger partial charge on any atom is 0.0944 e. The summed E-state index contributed by atoms with van der Waals surface area (Å²) in [6.45, 7) is 2.20. The number of hydrogen-bond donors (Lipinski definition) is 0. The second-order valence-electron chi connectivity index (χ2n) is 4.01. The van der Waals surface area contributed by atoms with Gasteiger partial charge in [0.2, 0.25) is 0 Å². The smallest absolute Gasteiger partial charge is 0.0944 e. The highest BCUT2D eigenvalue weighted by Gasteiger charge is 2.04. The molecule has 0 aliphatic rings. The van der Waals surface area contributed by atoms with Gasteiger partial charge in [0.05, 0.1) is 10.7 Å². The van der Waals surface area contributed by atoms with Crippen molar-refractivity contribution in [1.82, 2.24) is 4.98 Å². The molecule has 0 aliphatic heterocycles. The van der Waals surface area contributed by atoms with E-state index in [1.54, 1.807) is 11.3 Å². The molecule has 0 aliphatic carbocycles. The van der Waals surface area contributed by atoms with Crippen molar-refractivity contribution in [1.29, 1.82) is 0 Å². The molecule has 3 heteroatoms. The Balaban J connectivity index is 2.15. The third-order valence-corrected chi connectivity index (χ3v) is 3.75. The number of aromatic nitrogens is 1. The van der Waals surface area contributed by atoms with E-state index in [0.717, 1.165) is 23.5 Å². The Morgan fingerprint density at radius 1 is 1.18 bits per heavy atom. The number of rotatable bonds is 5. The van der Waals surface area contributed by atoms with Crippen LogP contribution in [0.2, 0.25) is 0 Å². The molecular formula is C14H16ClNS. The molecule has 0 amide bonds. The first-order valence-corrected chi connectivity index (χ1v) is 7.34. The van der Waals surface area contributed by atoms with Crippen LogP contribution in [0.15, 0.2) is 29.6 Å². The molecule has 0 fully saturated rings. The van der Waals surface area contributed by atoms with Crippen molar-refractivity contribution in [2.45, 2.75) is 26.2 Å². The molecule has 0 unspecified atom stereocenters. The molecule has 0 atom stereocenters. The highest BCUT2D eigenvalue weighted by atomic mass is 35.5. The fourth-order valence-electron chi connectivity index (χ4n) is 1.77. The summed E-state index contributed by atoms with van der Waals surface area (Å²) in [7, 11) is 0. The average molecular weight is 266 g/mol. The summed E-state index contributed by atoms with van der Waals surface area (Å²) in [5, 5.41) is 3.23. The number of benzene rings is 1. The Bertz CT molecular complexity index is 461. The maximum absolute atomic E-state index is 5.71. The Hall–Kier alpha value is -0.860. The van der Waals surface area contributed by atoms with Crippen molar-refractivity contribution in [3.8, 4) is 11.3 Å². The molecule has 0 N–H and O–H groups in total. The lowest BCUT2D eigenvalue weighted by Crippen LogP contribution is -1.86. The lowest BCUT2D eigenvalue weighted by molar-refractivity contribution is 0.922. The molecule has 2 aromatic rings. The van der Waals surface area contributed by atoms with Crippen LogP contribution >= 0.6 is 22.9 Å². The van der Waals surface area contributed by atoms with Gasteiger partial charge in [-0.25, -0.2) is 4.98 Å². The first-order chi connectivity index (χ1) is 8.33. The molecular weight excluding hydrogens is 250 g/mol. The predicted molar refractivity (Wildman–Crippen MR) is 76.0 cm³/mol. The van der Waals surface area contributed by atoms with Gasteiger partial charge in [0, 0.05) is 23.2 Å². The van der Waals surface area contributed by atoms with Gasteiger partial charge in [-0.2, -0.15) is 0 Å². The number of nitrogens with zero attached hydrogens (tertiary/aromatic N) is 1. The van der Waals surface area contributed by atoms with Crippen molar-refractivity contribution in [2.75, 3.05) is 5.88 Å². The summed E-state index contributed by atoms with van der Waals surface area (Å²) in [6.07, 6.45) is 3.20. The van der Waals surface area contributed by atoms with E-state index in [9.17, 15) is 0 Å². The Morgan fingerprint density at radius 2 is 1.94 bits per heavy atom. The van der Waals surface area contributed by atoms with E-state index >= 15 is 0 Å². The van der Waals surface area contributed by atoms with Gasteiger partial charge in [0.15, 0.2) is 0 Å². The summed E-state index contributed by atoms with van der Waals surface area (Å²) in [5.41, 5.74) is 3.66. The zero-order valence-corrected chi connectivity index (χ0v) is 11.5. The van der Waals surface area contributed by atoms with Crippen LogP contribution in [-0.2, 0) is 12.8 Å². The summed E-state index contributed by atoms with van der Waals surface area (Å²) in [4.78, 5) is 4.58. The molecule has 1 aromatic carbocycles. The first kappa shape index (κ1) is 12.6. The molecule has 90 valence electrons. The van der Waals surface area contributed by atoms with Crippen LogP contribution in [-0.4, -0.2) is 10.9 Å². The van der Waals surface area contributed by atoms with Gasteiger partial charge in [-0.3, -0.25) is 0 Å². The largest absolute Gasteiger partial charge is 0.241 e. The Morgan fingerprint density at radius 3 is 2.59 bits per heavy atom. The third kappa shape index (κ3) is 3.30. The van der Waals surface area contributed by atoms with Crippen molar-refractivity contribution >= 4 is 22.9 Å². The average Bonchev–Trinajstić information content (AvgIpc) is 2.80. The fourth-order valence-corrected chi connectivity index (χ4v) is 2.87. The van der Waals surface area contributed by atoms with Crippen LogP contribution in [0, 0.1) is 0 Å². The molecule has 1 aromatic heterocycles. The summed E-state index contributed by atoms with van der Waals surface area (Å²) in [6, 6.07) is 8.70. The van der Waals surface area contributed by atoms with Crippen molar-refractivity contribution in [3.05, 3.63) is 40.2 Å². The third-order valence-electron chi connectivity index (χ3n) is 2.65. The monoisotopic (exact) mass is 265 g/mol. The number of thiazole rings is 1. The van der Waals surface area contributed by atoms with Gasteiger partial charge in [-0.05, 0) is 12.0 Å². The zero-order valence-electron chi connectivity index (χ0n) is 9.95. The van der Waals surface area contributed by atoms with Crippen LogP contribution in [0.3, 0.4) is 0 Å². The van der Waals surface area contributed by atoms with E-state index < -0.39 is 0 Å². The maximum atomic E-state index is 5.71. The number of halogens is 1. The zero-order chi connectivity index (χ0) is 12.1. The molecule has 1 nitrogen and oxygen atoms in total. The topological polar surface area (TPSA) is 12.9 Å². The molecule has 0 saturated heterocycles. The van der Waals surface area contributed by atoms with E-state index in [2.05, 4.69) is 41.6 Å². The molecule has 0 saturated carbocycles. The SMILES string of the molecule is CCCc1ccc(-c2csc(CCCl)n2)cc1. The molecule has 1 heterocycles. The summed E-state index contributed by atoms with van der Waals surface area (Å²) >= 11 is 7.40. The minimum absolute atomic E-state index is 0.641. The molecule has 0 spiro atoms.